The number of aromatic nitrogens is 3. The summed E-state index contributed by atoms with van der Waals surface area (Å²) in [6, 6.07) is 14.6. The van der Waals surface area contributed by atoms with E-state index in [9.17, 15) is 14.3 Å². The van der Waals surface area contributed by atoms with E-state index in [1.165, 1.54) is 22.9 Å². The molecule has 0 aliphatic carbocycles. The van der Waals surface area contributed by atoms with Crippen LogP contribution in [0.4, 0.5) is 4.39 Å². The lowest BCUT2D eigenvalue weighted by Gasteiger charge is -2.07. The predicted molar refractivity (Wildman–Crippen MR) is 73.7 cm³/mol. The first-order valence-corrected chi connectivity index (χ1v) is 6.17. The average Bonchev–Trinajstić information content (AvgIpc) is 2.93. The van der Waals surface area contributed by atoms with Crippen LogP contribution in [0, 0.1) is 5.82 Å². The van der Waals surface area contributed by atoms with Crippen molar-refractivity contribution in [3.05, 3.63) is 66.1 Å². The molecule has 0 aliphatic rings. The summed E-state index contributed by atoms with van der Waals surface area (Å²) < 4.78 is 14.8. The fraction of sp³-hybridized carbons (Fsp3) is 0. The van der Waals surface area contributed by atoms with Gasteiger partial charge < -0.3 is 5.11 Å². The highest BCUT2D eigenvalue weighted by atomic mass is 19.1. The molecule has 1 N–H and O–H groups in total. The number of nitrogens with zero attached hydrogens (tertiary/aromatic N) is 3. The van der Waals surface area contributed by atoms with Gasteiger partial charge in [0, 0.05) is 5.56 Å². The Morgan fingerprint density at radius 2 is 1.86 bits per heavy atom. The van der Waals surface area contributed by atoms with Crippen LogP contribution in [-0.2, 0) is 0 Å². The van der Waals surface area contributed by atoms with Crippen LogP contribution in [0.2, 0.25) is 0 Å². The van der Waals surface area contributed by atoms with Gasteiger partial charge in [-0.1, -0.05) is 35.5 Å². The second kappa shape index (κ2) is 5.16. The minimum atomic E-state index is -1.21. The van der Waals surface area contributed by atoms with Crippen LogP contribution in [0.15, 0.2) is 54.6 Å². The molecule has 0 bridgehead atoms. The number of halogens is 1. The highest BCUT2D eigenvalue weighted by Gasteiger charge is 2.21. The second-order valence-corrected chi connectivity index (χ2v) is 4.35. The SMILES string of the molecule is O=C(O)c1nnn(-c2ccccc2)c1-c1cccc(F)c1. The van der Waals surface area contributed by atoms with E-state index in [1.807, 2.05) is 6.07 Å². The normalized spacial score (nSPS) is 10.5. The number of hydrogen-bond donors (Lipinski definition) is 1. The minimum absolute atomic E-state index is 0.218. The quantitative estimate of drug-likeness (QED) is 0.802. The van der Waals surface area contributed by atoms with Gasteiger partial charge in [0.1, 0.15) is 11.5 Å². The van der Waals surface area contributed by atoms with Gasteiger partial charge in [-0.3, -0.25) is 0 Å². The van der Waals surface area contributed by atoms with Crippen LogP contribution >= 0.6 is 0 Å². The first-order chi connectivity index (χ1) is 10.2. The smallest absolute Gasteiger partial charge is 0.358 e. The molecule has 5 nitrogen and oxygen atoms in total. The lowest BCUT2D eigenvalue weighted by atomic mass is 10.1. The summed E-state index contributed by atoms with van der Waals surface area (Å²) in [6.07, 6.45) is 0. The van der Waals surface area contributed by atoms with Crippen molar-refractivity contribution in [1.82, 2.24) is 15.0 Å². The summed E-state index contributed by atoms with van der Waals surface area (Å²) in [5.41, 5.74) is 1.08. The van der Waals surface area contributed by atoms with Crippen molar-refractivity contribution in [2.45, 2.75) is 0 Å². The Morgan fingerprint density at radius 1 is 1.10 bits per heavy atom. The number of hydrogen-bond acceptors (Lipinski definition) is 3. The summed E-state index contributed by atoms with van der Waals surface area (Å²) in [5.74, 6) is -1.67. The molecule has 0 spiro atoms. The van der Waals surface area contributed by atoms with Crippen molar-refractivity contribution < 1.29 is 14.3 Å². The number of para-hydroxylation sites is 1. The van der Waals surface area contributed by atoms with E-state index in [4.69, 9.17) is 0 Å². The zero-order chi connectivity index (χ0) is 14.8. The molecule has 3 aromatic rings. The van der Waals surface area contributed by atoms with Crippen molar-refractivity contribution in [1.29, 1.82) is 0 Å². The fourth-order valence-corrected chi connectivity index (χ4v) is 2.07. The number of rotatable bonds is 3. The van der Waals surface area contributed by atoms with Gasteiger partial charge in [0.2, 0.25) is 0 Å². The largest absolute Gasteiger partial charge is 0.476 e. The lowest BCUT2D eigenvalue weighted by Crippen LogP contribution is -2.03. The maximum Gasteiger partial charge on any atom is 0.358 e. The summed E-state index contributed by atoms with van der Waals surface area (Å²) in [5, 5.41) is 16.8. The zero-order valence-corrected chi connectivity index (χ0v) is 10.8. The van der Waals surface area contributed by atoms with Crippen LogP contribution < -0.4 is 0 Å². The third-order valence-corrected chi connectivity index (χ3v) is 2.97. The Labute approximate surface area is 119 Å². The Hall–Kier alpha value is -3.02. The van der Waals surface area contributed by atoms with Crippen molar-refractivity contribution in [3.8, 4) is 16.9 Å². The molecule has 6 heteroatoms. The van der Waals surface area contributed by atoms with Gasteiger partial charge in [0.05, 0.1) is 5.69 Å². The third kappa shape index (κ3) is 2.38. The number of benzene rings is 2. The predicted octanol–water partition coefficient (Wildman–Crippen LogP) is 2.77. The molecule has 104 valence electrons. The second-order valence-electron chi connectivity index (χ2n) is 4.35. The van der Waals surface area contributed by atoms with Crippen molar-refractivity contribution >= 4 is 5.97 Å². The molecule has 21 heavy (non-hydrogen) atoms. The van der Waals surface area contributed by atoms with Crippen molar-refractivity contribution in [2.24, 2.45) is 0 Å². The van der Waals surface area contributed by atoms with Gasteiger partial charge >= 0.3 is 5.97 Å². The summed E-state index contributed by atoms with van der Waals surface area (Å²) in [4.78, 5) is 11.3. The van der Waals surface area contributed by atoms with E-state index in [0.717, 1.165) is 0 Å². The van der Waals surface area contributed by atoms with Crippen molar-refractivity contribution in [2.75, 3.05) is 0 Å². The molecule has 0 radical (unpaired) electrons. The molecule has 1 aromatic heterocycles. The van der Waals surface area contributed by atoms with Crippen LogP contribution in [0.5, 0.6) is 0 Å². The zero-order valence-electron chi connectivity index (χ0n) is 10.8. The molecule has 0 saturated carbocycles. The molecule has 0 unspecified atom stereocenters. The molecule has 3 rings (SSSR count). The summed E-state index contributed by atoms with van der Waals surface area (Å²) in [7, 11) is 0. The van der Waals surface area contributed by atoms with E-state index in [1.54, 1.807) is 30.3 Å². The maximum atomic E-state index is 13.4. The first kappa shape index (κ1) is 13.0. The third-order valence-electron chi connectivity index (χ3n) is 2.97. The molecule has 0 aliphatic heterocycles. The summed E-state index contributed by atoms with van der Waals surface area (Å²) >= 11 is 0. The molecule has 0 fully saturated rings. The molecule has 1 heterocycles. The minimum Gasteiger partial charge on any atom is -0.476 e. The van der Waals surface area contributed by atoms with Crippen LogP contribution in [-0.4, -0.2) is 26.1 Å². The Morgan fingerprint density at radius 3 is 2.52 bits per heavy atom. The fourth-order valence-electron chi connectivity index (χ4n) is 2.07. The van der Waals surface area contributed by atoms with Crippen LogP contribution in [0.25, 0.3) is 16.9 Å². The Bertz CT molecular complexity index is 800. The Kier molecular flexibility index (Phi) is 3.19. The van der Waals surface area contributed by atoms with E-state index in [0.29, 0.717) is 11.3 Å². The van der Waals surface area contributed by atoms with E-state index < -0.39 is 11.8 Å². The highest BCUT2D eigenvalue weighted by Crippen LogP contribution is 2.25. The maximum absolute atomic E-state index is 13.4. The van der Waals surface area contributed by atoms with Gasteiger partial charge in [-0.25, -0.2) is 13.9 Å². The average molecular weight is 283 g/mol. The van der Waals surface area contributed by atoms with E-state index in [2.05, 4.69) is 10.3 Å². The van der Waals surface area contributed by atoms with Gasteiger partial charge in [-0.05, 0) is 24.3 Å². The molecule has 2 aromatic carbocycles. The molecule has 0 atom stereocenters. The first-order valence-electron chi connectivity index (χ1n) is 6.17. The van der Waals surface area contributed by atoms with Gasteiger partial charge in [0.15, 0.2) is 5.69 Å². The Balaban J connectivity index is 2.26. The molecule has 0 saturated heterocycles. The monoisotopic (exact) mass is 283 g/mol. The van der Waals surface area contributed by atoms with E-state index in [-0.39, 0.29) is 11.4 Å². The number of aromatic carboxylic acids is 1. The van der Waals surface area contributed by atoms with Crippen molar-refractivity contribution in [3.63, 3.8) is 0 Å². The highest BCUT2D eigenvalue weighted by molar-refractivity contribution is 5.93. The lowest BCUT2D eigenvalue weighted by molar-refractivity contribution is 0.0691. The van der Waals surface area contributed by atoms with Gasteiger partial charge in [-0.2, -0.15) is 0 Å². The molecular formula is C15H10FN3O2. The van der Waals surface area contributed by atoms with E-state index >= 15 is 0 Å². The van der Waals surface area contributed by atoms with Gasteiger partial charge in [-0.15, -0.1) is 5.10 Å². The topological polar surface area (TPSA) is 68.0 Å². The molecular weight excluding hydrogens is 273 g/mol. The number of carboxylic acids is 1. The summed E-state index contributed by atoms with van der Waals surface area (Å²) in [6.45, 7) is 0. The standard InChI is InChI=1S/C15H10FN3O2/c16-11-6-4-5-10(9-11)14-13(15(20)21)17-18-19(14)12-7-2-1-3-8-12/h1-9H,(H,20,21). The number of carbonyl (C=O) groups is 1. The van der Waals surface area contributed by atoms with Crippen LogP contribution in [0.1, 0.15) is 10.5 Å². The van der Waals surface area contributed by atoms with Gasteiger partial charge in [0.25, 0.3) is 0 Å². The molecule has 0 amide bonds. The number of carboxylic acid groups (broad SMARTS) is 1. The van der Waals surface area contributed by atoms with Crippen LogP contribution in [0.3, 0.4) is 0 Å².